The third-order valence-corrected chi connectivity index (χ3v) is 6.25. The van der Waals surface area contributed by atoms with E-state index in [0.29, 0.717) is 18.8 Å². The Morgan fingerprint density at radius 1 is 1.17 bits per heavy atom. The predicted molar refractivity (Wildman–Crippen MR) is 80.2 cm³/mol. The first-order valence-corrected chi connectivity index (χ1v) is 8.21. The molecule has 4 atom stereocenters. The van der Waals surface area contributed by atoms with Gasteiger partial charge < -0.3 is 14.2 Å². The van der Waals surface area contributed by atoms with E-state index in [1.54, 1.807) is 12.1 Å². The van der Waals surface area contributed by atoms with Crippen molar-refractivity contribution in [3.63, 3.8) is 0 Å². The van der Waals surface area contributed by atoms with Crippen molar-refractivity contribution in [2.75, 3.05) is 13.2 Å². The summed E-state index contributed by atoms with van der Waals surface area (Å²) < 4.78 is 16.4. The average molecular weight is 331 g/mol. The Labute approximate surface area is 138 Å². The smallest absolute Gasteiger partial charge is 0.434 e. The fourth-order valence-electron chi connectivity index (χ4n) is 5.21. The van der Waals surface area contributed by atoms with Crippen LogP contribution in [0.4, 0.5) is 10.5 Å². The molecule has 4 aliphatic rings. The number of nitro groups is 1. The maximum atomic E-state index is 11.4. The molecular weight excluding hydrogens is 314 g/mol. The normalized spacial score (nSPS) is 38.2. The Morgan fingerprint density at radius 2 is 1.92 bits per heavy atom. The minimum absolute atomic E-state index is 0.0709. The zero-order valence-corrected chi connectivity index (χ0v) is 13.0. The van der Waals surface area contributed by atoms with Crippen molar-refractivity contribution in [2.45, 2.75) is 31.5 Å². The highest BCUT2D eigenvalue weighted by molar-refractivity contribution is 5.60. The number of rotatable bonds is 2. The fourth-order valence-corrected chi connectivity index (χ4v) is 5.21. The van der Waals surface area contributed by atoms with Gasteiger partial charge in [-0.15, -0.1) is 0 Å². The van der Waals surface area contributed by atoms with Gasteiger partial charge in [0.05, 0.1) is 22.7 Å². The lowest BCUT2D eigenvalue weighted by atomic mass is 9.84. The Bertz CT molecular complexity index is 738. The molecule has 2 saturated heterocycles. The molecule has 0 bridgehead atoms. The molecule has 4 fully saturated rings. The van der Waals surface area contributed by atoms with Crippen LogP contribution < -0.4 is 0 Å². The van der Waals surface area contributed by atoms with E-state index in [0.717, 1.165) is 19.3 Å². The van der Waals surface area contributed by atoms with Gasteiger partial charge in [-0.3, -0.25) is 10.1 Å². The second kappa shape index (κ2) is 4.47. The van der Waals surface area contributed by atoms with Crippen LogP contribution >= 0.6 is 0 Å². The average Bonchev–Trinajstić information content (AvgIpc) is 3.03. The number of nitrogens with zero attached hydrogens (tertiary/aromatic N) is 1. The first-order valence-electron chi connectivity index (χ1n) is 8.21. The van der Waals surface area contributed by atoms with E-state index < -0.39 is 6.16 Å². The van der Waals surface area contributed by atoms with Gasteiger partial charge in [0.15, 0.2) is 0 Å². The molecule has 0 aromatic heterocycles. The van der Waals surface area contributed by atoms with Crippen molar-refractivity contribution < 1.29 is 23.9 Å². The summed E-state index contributed by atoms with van der Waals surface area (Å²) in [6, 6.07) is 6.82. The number of benzene rings is 1. The second-order valence-corrected chi connectivity index (χ2v) is 7.61. The van der Waals surface area contributed by atoms with E-state index in [1.807, 2.05) is 6.07 Å². The molecule has 2 saturated carbocycles. The largest absolute Gasteiger partial charge is 0.508 e. The maximum Gasteiger partial charge on any atom is 0.508 e. The predicted octanol–water partition coefficient (Wildman–Crippen LogP) is 2.99. The van der Waals surface area contributed by atoms with Crippen molar-refractivity contribution in [1.82, 2.24) is 0 Å². The molecule has 7 nitrogen and oxygen atoms in total. The summed E-state index contributed by atoms with van der Waals surface area (Å²) in [4.78, 5) is 22.2. The van der Waals surface area contributed by atoms with Gasteiger partial charge in [0.2, 0.25) is 0 Å². The molecule has 0 amide bonds. The summed E-state index contributed by atoms with van der Waals surface area (Å²) in [6.07, 6.45) is 2.00. The van der Waals surface area contributed by atoms with E-state index in [4.69, 9.17) is 14.2 Å². The molecule has 7 heteroatoms. The molecule has 126 valence electrons. The maximum absolute atomic E-state index is 11.4. The zero-order valence-electron chi connectivity index (χ0n) is 13.0. The molecule has 0 unspecified atom stereocenters. The third-order valence-electron chi connectivity index (χ3n) is 6.25. The Balaban J connectivity index is 1.48. The summed E-state index contributed by atoms with van der Waals surface area (Å²) in [5.74, 6) is 0.212. The molecule has 24 heavy (non-hydrogen) atoms. The number of cyclic esters (lactones) is 2. The topological polar surface area (TPSA) is 87.9 Å². The molecule has 0 N–H and O–H groups in total. The Hall–Kier alpha value is -2.15. The minimum Gasteiger partial charge on any atom is -0.434 e. The monoisotopic (exact) mass is 331 g/mol. The lowest BCUT2D eigenvalue weighted by Crippen LogP contribution is -2.38. The summed E-state index contributed by atoms with van der Waals surface area (Å²) in [5.41, 5.74) is 0.677. The number of para-hydroxylation sites is 1. The highest BCUT2D eigenvalue weighted by atomic mass is 16.7. The summed E-state index contributed by atoms with van der Waals surface area (Å²) >= 11 is 0. The molecule has 2 spiro atoms. The molecule has 1 aromatic rings. The van der Waals surface area contributed by atoms with E-state index in [9.17, 15) is 14.9 Å². The van der Waals surface area contributed by atoms with Gasteiger partial charge in [0.1, 0.15) is 13.2 Å². The van der Waals surface area contributed by atoms with Crippen molar-refractivity contribution in [3.05, 3.63) is 39.9 Å². The number of ether oxygens (including phenoxy) is 3. The van der Waals surface area contributed by atoms with E-state index in [-0.39, 0.29) is 39.6 Å². The van der Waals surface area contributed by atoms with E-state index in [1.165, 1.54) is 6.07 Å². The quantitative estimate of drug-likeness (QED) is 0.470. The van der Waals surface area contributed by atoms with Crippen molar-refractivity contribution >= 4 is 11.8 Å². The molecule has 2 aliphatic heterocycles. The van der Waals surface area contributed by atoms with Gasteiger partial charge in [0.25, 0.3) is 5.69 Å². The zero-order chi connectivity index (χ0) is 16.5. The third kappa shape index (κ3) is 1.79. The minimum atomic E-state index is -0.603. The van der Waals surface area contributed by atoms with E-state index >= 15 is 0 Å². The van der Waals surface area contributed by atoms with Crippen LogP contribution in [0.3, 0.4) is 0 Å². The highest BCUT2D eigenvalue weighted by Gasteiger charge is 2.75. The summed E-state index contributed by atoms with van der Waals surface area (Å²) in [6.45, 7) is 0.751. The molecule has 1 aromatic carbocycles. The number of carbonyl (C=O) groups excluding carboxylic acids is 1. The van der Waals surface area contributed by atoms with Crippen LogP contribution in [0.5, 0.6) is 0 Å². The first kappa shape index (κ1) is 14.2. The number of hydrogen-bond acceptors (Lipinski definition) is 6. The van der Waals surface area contributed by atoms with Gasteiger partial charge >= 0.3 is 6.16 Å². The van der Waals surface area contributed by atoms with Crippen LogP contribution in [0.2, 0.25) is 0 Å². The van der Waals surface area contributed by atoms with Crippen molar-refractivity contribution in [1.29, 1.82) is 0 Å². The fraction of sp³-hybridized carbons (Fsp3) is 0.588. The second-order valence-electron chi connectivity index (χ2n) is 7.61. The van der Waals surface area contributed by atoms with Crippen molar-refractivity contribution in [2.24, 2.45) is 16.7 Å². The van der Waals surface area contributed by atoms with Crippen LogP contribution in [0.1, 0.15) is 30.9 Å². The van der Waals surface area contributed by atoms with Crippen LogP contribution in [0.25, 0.3) is 0 Å². The Kier molecular flexibility index (Phi) is 2.65. The van der Waals surface area contributed by atoms with Crippen LogP contribution in [0, 0.1) is 26.9 Å². The van der Waals surface area contributed by atoms with Crippen LogP contribution in [0.15, 0.2) is 24.3 Å². The summed E-state index contributed by atoms with van der Waals surface area (Å²) in [5, 5.41) is 11.4. The van der Waals surface area contributed by atoms with Crippen molar-refractivity contribution in [3.8, 4) is 0 Å². The number of nitro benzene ring substituents is 1. The molecule has 2 heterocycles. The summed E-state index contributed by atoms with van der Waals surface area (Å²) in [7, 11) is 0. The standard InChI is InChI=1S/C17H17NO6/c19-15-22-8-16(9-23-15)5-11-14(24-13-6-17(11,13)7-16)10-3-1-2-4-12(10)18(20)21/h1-4,11,13-14H,5-9H2/t11-,13+,14-,17-/m0/s1. The van der Waals surface area contributed by atoms with Gasteiger partial charge in [-0.2, -0.15) is 0 Å². The molecule has 0 radical (unpaired) electrons. The van der Waals surface area contributed by atoms with Gasteiger partial charge in [-0.1, -0.05) is 12.1 Å². The molecule has 2 aliphatic carbocycles. The molecule has 5 rings (SSSR count). The van der Waals surface area contributed by atoms with Gasteiger partial charge in [-0.25, -0.2) is 4.79 Å². The highest BCUT2D eigenvalue weighted by Crippen LogP contribution is 2.76. The van der Waals surface area contributed by atoms with Crippen LogP contribution in [-0.2, 0) is 14.2 Å². The molecular formula is C17H17NO6. The lowest BCUT2D eigenvalue weighted by molar-refractivity contribution is -0.386. The van der Waals surface area contributed by atoms with Gasteiger partial charge in [0, 0.05) is 16.9 Å². The Morgan fingerprint density at radius 3 is 2.67 bits per heavy atom. The first-order chi connectivity index (χ1) is 11.5. The lowest BCUT2D eigenvalue weighted by Gasteiger charge is -2.33. The van der Waals surface area contributed by atoms with E-state index in [2.05, 4.69) is 0 Å². The van der Waals surface area contributed by atoms with Crippen LogP contribution in [-0.4, -0.2) is 30.4 Å². The SMILES string of the molecule is O=C1OCC2(CO1)C[C@H]1[C@H](c3ccccc3[N+](=O)[O-])O[C@@H]3C[C@@]31C2. The number of carbonyl (C=O) groups is 1. The number of hydrogen-bond donors (Lipinski definition) is 0. The van der Waals surface area contributed by atoms with Gasteiger partial charge in [-0.05, 0) is 31.2 Å².